The second-order valence-corrected chi connectivity index (χ2v) is 2.29. The van der Waals surface area contributed by atoms with Crippen molar-refractivity contribution >= 4 is 5.97 Å². The van der Waals surface area contributed by atoms with E-state index in [1.807, 2.05) is 13.8 Å². The van der Waals surface area contributed by atoms with Crippen molar-refractivity contribution in [2.75, 3.05) is 26.9 Å². The van der Waals surface area contributed by atoms with Crippen molar-refractivity contribution in [1.82, 2.24) is 5.32 Å². The molecule has 0 aliphatic carbocycles. The van der Waals surface area contributed by atoms with Crippen LogP contribution in [0.4, 0.5) is 0 Å². The number of carbonyl (C=O) groups excluding carboxylic acids is 1. The first-order valence-electron chi connectivity index (χ1n) is 4.15. The summed E-state index contributed by atoms with van der Waals surface area (Å²) in [7, 11) is 1.37. The van der Waals surface area contributed by atoms with E-state index in [4.69, 9.17) is 4.74 Å². The molecule has 0 saturated carbocycles. The Morgan fingerprint density at radius 1 is 1.50 bits per heavy atom. The molecule has 0 spiro atoms. The lowest BCUT2D eigenvalue weighted by molar-refractivity contribution is -0.144. The van der Waals surface area contributed by atoms with E-state index in [1.54, 1.807) is 0 Å². The zero-order valence-corrected chi connectivity index (χ0v) is 7.92. The smallest absolute Gasteiger partial charge is 0.325 e. The number of rotatable bonds is 6. The zero-order chi connectivity index (χ0) is 9.40. The van der Waals surface area contributed by atoms with Crippen molar-refractivity contribution in [3.8, 4) is 0 Å². The monoisotopic (exact) mass is 175 g/mol. The number of esters is 1. The molecule has 0 radical (unpaired) electrons. The van der Waals surface area contributed by atoms with Gasteiger partial charge in [-0.1, -0.05) is 6.92 Å². The van der Waals surface area contributed by atoms with Crippen molar-refractivity contribution < 1.29 is 14.3 Å². The van der Waals surface area contributed by atoms with Gasteiger partial charge in [0.05, 0.1) is 13.7 Å². The highest BCUT2D eigenvalue weighted by Gasteiger charge is 2.16. The van der Waals surface area contributed by atoms with Crippen molar-refractivity contribution in [3.05, 3.63) is 0 Å². The third-order valence-electron chi connectivity index (χ3n) is 1.42. The van der Waals surface area contributed by atoms with E-state index >= 15 is 0 Å². The molecule has 1 N–H and O–H groups in total. The lowest BCUT2D eigenvalue weighted by atomic mass is 10.3. The van der Waals surface area contributed by atoms with Crippen molar-refractivity contribution in [1.29, 1.82) is 0 Å². The van der Waals surface area contributed by atoms with Gasteiger partial charge < -0.3 is 14.8 Å². The van der Waals surface area contributed by atoms with Gasteiger partial charge in [-0.3, -0.25) is 4.79 Å². The second-order valence-electron chi connectivity index (χ2n) is 2.29. The molecule has 0 saturated heterocycles. The summed E-state index contributed by atoms with van der Waals surface area (Å²) in [5.41, 5.74) is 0. The summed E-state index contributed by atoms with van der Waals surface area (Å²) in [6, 6.07) is -0.333. The van der Waals surface area contributed by atoms with Crippen LogP contribution in [0.25, 0.3) is 0 Å². The Morgan fingerprint density at radius 3 is 2.58 bits per heavy atom. The van der Waals surface area contributed by atoms with E-state index in [2.05, 4.69) is 10.1 Å². The summed E-state index contributed by atoms with van der Waals surface area (Å²) in [6.45, 7) is 5.53. The van der Waals surface area contributed by atoms with E-state index < -0.39 is 0 Å². The van der Waals surface area contributed by atoms with Crippen LogP contribution in [0.2, 0.25) is 0 Å². The summed E-state index contributed by atoms with van der Waals surface area (Å²) < 4.78 is 9.69. The standard InChI is InChI=1S/C8H17NO3/c1-4-9-7(6-12-5-2)8(10)11-3/h7,9H,4-6H2,1-3H3. The van der Waals surface area contributed by atoms with Crippen LogP contribution in [0.3, 0.4) is 0 Å². The molecule has 0 amide bonds. The van der Waals surface area contributed by atoms with Gasteiger partial charge in [-0.15, -0.1) is 0 Å². The average Bonchev–Trinajstić information content (AvgIpc) is 2.11. The predicted octanol–water partition coefficient (Wildman–Crippen LogP) is 0.174. The fourth-order valence-electron chi connectivity index (χ4n) is 0.835. The number of likely N-dealkylation sites (N-methyl/N-ethyl adjacent to an activating group) is 1. The Bertz CT molecular complexity index is 127. The minimum absolute atomic E-state index is 0.273. The highest BCUT2D eigenvalue weighted by Crippen LogP contribution is 1.89. The molecule has 4 nitrogen and oxygen atoms in total. The molecule has 1 unspecified atom stereocenters. The maximum absolute atomic E-state index is 11.0. The highest BCUT2D eigenvalue weighted by molar-refractivity contribution is 5.75. The molecular weight excluding hydrogens is 158 g/mol. The topological polar surface area (TPSA) is 47.6 Å². The Morgan fingerprint density at radius 2 is 2.17 bits per heavy atom. The van der Waals surface area contributed by atoms with Crippen LogP contribution in [0.15, 0.2) is 0 Å². The van der Waals surface area contributed by atoms with Gasteiger partial charge >= 0.3 is 5.97 Å². The molecule has 0 aromatic carbocycles. The Kier molecular flexibility index (Phi) is 6.70. The first-order valence-corrected chi connectivity index (χ1v) is 4.15. The quantitative estimate of drug-likeness (QED) is 0.585. The molecule has 4 heteroatoms. The SMILES string of the molecule is CCNC(COCC)C(=O)OC. The number of carbonyl (C=O) groups is 1. The fourth-order valence-corrected chi connectivity index (χ4v) is 0.835. The van der Waals surface area contributed by atoms with Gasteiger partial charge in [-0.05, 0) is 13.5 Å². The number of ether oxygens (including phenoxy) is 2. The van der Waals surface area contributed by atoms with E-state index in [9.17, 15) is 4.79 Å². The van der Waals surface area contributed by atoms with Crippen LogP contribution in [0, 0.1) is 0 Å². The maximum Gasteiger partial charge on any atom is 0.325 e. The lowest BCUT2D eigenvalue weighted by Gasteiger charge is -2.14. The van der Waals surface area contributed by atoms with E-state index in [0.29, 0.717) is 13.2 Å². The molecule has 0 heterocycles. The molecule has 72 valence electrons. The zero-order valence-electron chi connectivity index (χ0n) is 7.92. The summed E-state index contributed by atoms with van der Waals surface area (Å²) in [5.74, 6) is -0.273. The van der Waals surface area contributed by atoms with Gasteiger partial charge in [-0.25, -0.2) is 0 Å². The van der Waals surface area contributed by atoms with E-state index in [-0.39, 0.29) is 12.0 Å². The molecule has 1 atom stereocenters. The van der Waals surface area contributed by atoms with Crippen molar-refractivity contribution in [3.63, 3.8) is 0 Å². The van der Waals surface area contributed by atoms with Crippen LogP contribution >= 0.6 is 0 Å². The van der Waals surface area contributed by atoms with Gasteiger partial charge in [-0.2, -0.15) is 0 Å². The Labute approximate surface area is 73.2 Å². The highest BCUT2D eigenvalue weighted by atomic mass is 16.5. The molecular formula is C8H17NO3. The third kappa shape index (κ3) is 4.31. The largest absolute Gasteiger partial charge is 0.468 e. The minimum atomic E-state index is -0.333. The predicted molar refractivity (Wildman–Crippen MR) is 46.0 cm³/mol. The molecule has 0 bridgehead atoms. The van der Waals surface area contributed by atoms with E-state index in [0.717, 1.165) is 6.54 Å². The first kappa shape index (κ1) is 11.4. The van der Waals surface area contributed by atoms with Gasteiger partial charge in [0.25, 0.3) is 0 Å². The summed E-state index contributed by atoms with van der Waals surface area (Å²) in [6.07, 6.45) is 0. The summed E-state index contributed by atoms with van der Waals surface area (Å²) >= 11 is 0. The molecule has 0 fully saturated rings. The van der Waals surface area contributed by atoms with Crippen LogP contribution in [-0.4, -0.2) is 38.9 Å². The number of nitrogens with one attached hydrogen (secondary N) is 1. The molecule has 0 aromatic heterocycles. The van der Waals surface area contributed by atoms with Gasteiger partial charge in [0, 0.05) is 6.61 Å². The molecule has 0 aliphatic rings. The average molecular weight is 175 g/mol. The van der Waals surface area contributed by atoms with Crippen LogP contribution in [0.1, 0.15) is 13.8 Å². The fraction of sp³-hybridized carbons (Fsp3) is 0.875. The normalized spacial score (nSPS) is 12.6. The van der Waals surface area contributed by atoms with Gasteiger partial charge in [0.15, 0.2) is 0 Å². The van der Waals surface area contributed by atoms with Gasteiger partial charge in [0.2, 0.25) is 0 Å². The van der Waals surface area contributed by atoms with E-state index in [1.165, 1.54) is 7.11 Å². The van der Waals surface area contributed by atoms with Crippen LogP contribution < -0.4 is 5.32 Å². The van der Waals surface area contributed by atoms with Gasteiger partial charge in [0.1, 0.15) is 6.04 Å². The molecule has 12 heavy (non-hydrogen) atoms. The number of methoxy groups -OCH3 is 1. The molecule has 0 aromatic rings. The minimum Gasteiger partial charge on any atom is -0.468 e. The maximum atomic E-state index is 11.0. The number of hydrogen-bond donors (Lipinski definition) is 1. The number of hydrogen-bond acceptors (Lipinski definition) is 4. The summed E-state index contributed by atoms with van der Waals surface area (Å²) in [5, 5.41) is 2.97. The third-order valence-corrected chi connectivity index (χ3v) is 1.42. The first-order chi connectivity index (χ1) is 5.76. The van der Waals surface area contributed by atoms with Crippen molar-refractivity contribution in [2.45, 2.75) is 19.9 Å². The van der Waals surface area contributed by atoms with Crippen LogP contribution in [0.5, 0.6) is 0 Å². The second kappa shape index (κ2) is 7.06. The molecule has 0 aliphatic heterocycles. The Balaban J connectivity index is 3.76. The summed E-state index contributed by atoms with van der Waals surface area (Å²) in [4.78, 5) is 11.0. The van der Waals surface area contributed by atoms with Crippen LogP contribution in [-0.2, 0) is 14.3 Å². The Hall–Kier alpha value is -0.610. The van der Waals surface area contributed by atoms with Crippen molar-refractivity contribution in [2.24, 2.45) is 0 Å². The lowest BCUT2D eigenvalue weighted by Crippen LogP contribution is -2.41. The molecule has 0 rings (SSSR count).